The number of nitrogens with one attached hydrogen (secondary N) is 2. The largest absolute Gasteiger partial charge is 0.508 e. The molecule has 0 aliphatic carbocycles. The van der Waals surface area contributed by atoms with E-state index in [1.807, 2.05) is 41.3 Å². The average molecular weight is 426 g/mol. The zero-order valence-electron chi connectivity index (χ0n) is 18.1. The molecule has 0 aromatic heterocycles. The van der Waals surface area contributed by atoms with Crippen molar-refractivity contribution in [2.75, 3.05) is 26.9 Å². The summed E-state index contributed by atoms with van der Waals surface area (Å²) < 4.78 is 11.1. The molecule has 0 bridgehead atoms. The molecule has 4 atom stereocenters. The Kier molecular flexibility index (Phi) is 6.75. The molecule has 31 heavy (non-hydrogen) atoms. The van der Waals surface area contributed by atoms with Crippen molar-refractivity contribution < 1.29 is 19.4 Å². The van der Waals surface area contributed by atoms with Gasteiger partial charge in [0.2, 0.25) is 5.91 Å². The van der Waals surface area contributed by atoms with Crippen LogP contribution in [0.15, 0.2) is 48.5 Å². The van der Waals surface area contributed by atoms with Crippen molar-refractivity contribution in [3.8, 4) is 11.5 Å². The van der Waals surface area contributed by atoms with Crippen LogP contribution in [0.1, 0.15) is 43.0 Å². The van der Waals surface area contributed by atoms with Gasteiger partial charge < -0.3 is 19.5 Å². The smallest absolute Gasteiger partial charge is 0.242 e. The van der Waals surface area contributed by atoms with Crippen molar-refractivity contribution in [3.05, 3.63) is 59.7 Å². The number of benzene rings is 2. The van der Waals surface area contributed by atoms with E-state index in [9.17, 15) is 9.90 Å². The van der Waals surface area contributed by atoms with Gasteiger partial charge in [-0.15, -0.1) is 0 Å². The van der Waals surface area contributed by atoms with Crippen LogP contribution in [0, 0.1) is 5.92 Å². The topological polar surface area (TPSA) is 83.1 Å². The Labute approximate surface area is 183 Å². The van der Waals surface area contributed by atoms with Gasteiger partial charge in [0.15, 0.2) is 0 Å². The maximum absolute atomic E-state index is 13.3. The van der Waals surface area contributed by atoms with Crippen molar-refractivity contribution in [1.82, 2.24) is 15.8 Å². The fourth-order valence-corrected chi connectivity index (χ4v) is 4.65. The molecule has 0 spiro atoms. The van der Waals surface area contributed by atoms with Crippen molar-refractivity contribution >= 4 is 5.91 Å². The quantitative estimate of drug-likeness (QED) is 0.536. The summed E-state index contributed by atoms with van der Waals surface area (Å²) in [5.74, 6) is 1.02. The minimum absolute atomic E-state index is 0.0424. The van der Waals surface area contributed by atoms with E-state index >= 15 is 0 Å². The number of carbonyl (C=O) groups is 1. The van der Waals surface area contributed by atoms with Gasteiger partial charge >= 0.3 is 0 Å². The van der Waals surface area contributed by atoms with Crippen molar-refractivity contribution in [2.45, 2.75) is 37.9 Å². The molecular formula is C24H31N3O4. The second kappa shape index (κ2) is 9.68. The van der Waals surface area contributed by atoms with Crippen LogP contribution in [0.4, 0.5) is 0 Å². The van der Waals surface area contributed by atoms with Crippen LogP contribution in [0.2, 0.25) is 0 Å². The fourth-order valence-electron chi connectivity index (χ4n) is 4.65. The first-order valence-electron chi connectivity index (χ1n) is 11.0. The van der Waals surface area contributed by atoms with E-state index in [1.165, 1.54) is 0 Å². The van der Waals surface area contributed by atoms with Gasteiger partial charge in [0, 0.05) is 25.1 Å². The monoisotopic (exact) mass is 425 g/mol. The lowest BCUT2D eigenvalue weighted by Crippen LogP contribution is -2.42. The predicted octanol–water partition coefficient (Wildman–Crippen LogP) is 2.93. The number of aromatic hydroxyl groups is 1. The first-order valence-corrected chi connectivity index (χ1v) is 11.0. The van der Waals surface area contributed by atoms with Gasteiger partial charge in [-0.3, -0.25) is 4.79 Å². The zero-order valence-corrected chi connectivity index (χ0v) is 18.1. The third-order valence-corrected chi connectivity index (χ3v) is 6.21. The molecule has 2 aromatic rings. The lowest BCUT2D eigenvalue weighted by atomic mass is 9.83. The SMILES string of the molecule is CCCCOc1ccc(C2C3C(NNC3c3ccccc3O)C(=O)N2CCOC)cc1. The third kappa shape index (κ3) is 4.26. The van der Waals surface area contributed by atoms with E-state index < -0.39 is 0 Å². The van der Waals surface area contributed by atoms with Crippen molar-refractivity contribution in [1.29, 1.82) is 0 Å². The van der Waals surface area contributed by atoms with Crippen LogP contribution in [0.5, 0.6) is 11.5 Å². The van der Waals surface area contributed by atoms with Crippen LogP contribution in [0.3, 0.4) is 0 Å². The average Bonchev–Trinajstić information content (AvgIpc) is 3.32. The summed E-state index contributed by atoms with van der Waals surface area (Å²) in [5.41, 5.74) is 8.27. The summed E-state index contributed by atoms with van der Waals surface area (Å²) in [4.78, 5) is 15.2. The van der Waals surface area contributed by atoms with Gasteiger partial charge in [-0.1, -0.05) is 43.7 Å². The minimum atomic E-state index is -0.369. The molecule has 2 aliphatic heterocycles. The molecule has 2 aliphatic rings. The second-order valence-corrected chi connectivity index (χ2v) is 8.12. The highest BCUT2D eigenvalue weighted by atomic mass is 16.5. The van der Waals surface area contributed by atoms with Gasteiger partial charge in [-0.25, -0.2) is 10.9 Å². The summed E-state index contributed by atoms with van der Waals surface area (Å²) >= 11 is 0. The summed E-state index contributed by atoms with van der Waals surface area (Å²) in [6.07, 6.45) is 2.11. The standard InChI is InChI=1S/C24H31N3O4/c1-3-4-14-31-17-11-9-16(10-12-17)23-20-21(18-7-5-6-8-19(18)28)25-26-22(20)24(29)27(23)13-15-30-2/h5-12,20-23,25-26,28H,3-4,13-15H2,1-2H3. The van der Waals surface area contributed by atoms with E-state index in [-0.39, 0.29) is 35.7 Å². The minimum Gasteiger partial charge on any atom is -0.508 e. The number of fused-ring (bicyclic) bond motifs is 1. The van der Waals surface area contributed by atoms with Crippen molar-refractivity contribution in [3.63, 3.8) is 0 Å². The normalized spacial score (nSPS) is 25.1. The van der Waals surface area contributed by atoms with Gasteiger partial charge in [0.25, 0.3) is 0 Å². The molecule has 4 unspecified atom stereocenters. The number of phenols is 1. The molecule has 3 N–H and O–H groups in total. The Balaban J connectivity index is 1.65. The second-order valence-electron chi connectivity index (χ2n) is 8.12. The Hall–Kier alpha value is -2.61. The summed E-state index contributed by atoms with van der Waals surface area (Å²) in [5, 5.41) is 10.5. The van der Waals surface area contributed by atoms with E-state index in [0.29, 0.717) is 19.8 Å². The number of methoxy groups -OCH3 is 1. The number of hydrazine groups is 1. The summed E-state index contributed by atoms with van der Waals surface area (Å²) in [6, 6.07) is 14.6. The maximum atomic E-state index is 13.3. The molecular weight excluding hydrogens is 394 g/mol. The van der Waals surface area contributed by atoms with E-state index in [4.69, 9.17) is 9.47 Å². The number of unbranched alkanes of at least 4 members (excludes halogenated alkanes) is 1. The lowest BCUT2D eigenvalue weighted by molar-refractivity contribution is -0.131. The Morgan fingerprint density at radius 3 is 2.48 bits per heavy atom. The Bertz CT molecular complexity index is 889. The molecule has 7 nitrogen and oxygen atoms in total. The van der Waals surface area contributed by atoms with Crippen LogP contribution >= 0.6 is 0 Å². The molecule has 7 heteroatoms. The molecule has 2 heterocycles. The predicted molar refractivity (Wildman–Crippen MR) is 118 cm³/mol. The number of nitrogens with zero attached hydrogens (tertiary/aromatic N) is 1. The van der Waals surface area contributed by atoms with E-state index in [2.05, 4.69) is 17.8 Å². The number of ether oxygens (including phenoxy) is 2. The number of amides is 1. The first-order chi connectivity index (χ1) is 15.2. The molecule has 2 fully saturated rings. The van der Waals surface area contributed by atoms with Crippen LogP contribution in [-0.4, -0.2) is 48.8 Å². The summed E-state index contributed by atoms with van der Waals surface area (Å²) in [7, 11) is 1.64. The molecule has 0 radical (unpaired) electrons. The van der Waals surface area contributed by atoms with Gasteiger partial charge in [-0.05, 0) is 30.2 Å². The lowest BCUT2D eigenvalue weighted by Gasteiger charge is -2.31. The van der Waals surface area contributed by atoms with E-state index in [1.54, 1.807) is 19.2 Å². The van der Waals surface area contributed by atoms with E-state index in [0.717, 1.165) is 29.7 Å². The van der Waals surface area contributed by atoms with Gasteiger partial charge in [-0.2, -0.15) is 0 Å². The van der Waals surface area contributed by atoms with Crippen molar-refractivity contribution in [2.24, 2.45) is 5.92 Å². The fraction of sp³-hybridized carbons (Fsp3) is 0.458. The molecule has 2 saturated heterocycles. The number of carbonyl (C=O) groups excluding carboxylic acids is 1. The molecule has 166 valence electrons. The van der Waals surface area contributed by atoms with Crippen LogP contribution in [0.25, 0.3) is 0 Å². The maximum Gasteiger partial charge on any atom is 0.242 e. The van der Waals surface area contributed by atoms with Crippen LogP contribution in [-0.2, 0) is 9.53 Å². The highest BCUT2D eigenvalue weighted by molar-refractivity contribution is 5.86. The highest BCUT2D eigenvalue weighted by Gasteiger charge is 2.55. The molecule has 2 aromatic carbocycles. The number of para-hydroxylation sites is 1. The zero-order chi connectivity index (χ0) is 21.8. The molecule has 4 rings (SSSR count). The first kappa shape index (κ1) is 21.6. The number of phenolic OH excluding ortho intramolecular Hbond substituents is 1. The number of likely N-dealkylation sites (tertiary alicyclic amines) is 1. The molecule has 1 amide bonds. The Morgan fingerprint density at radius 2 is 1.77 bits per heavy atom. The number of hydrogen-bond donors (Lipinski definition) is 3. The van der Waals surface area contributed by atoms with Crippen LogP contribution < -0.4 is 15.6 Å². The summed E-state index contributed by atoms with van der Waals surface area (Å²) in [6.45, 7) is 3.82. The number of hydrogen-bond acceptors (Lipinski definition) is 6. The van der Waals surface area contributed by atoms with Gasteiger partial charge in [0.1, 0.15) is 17.5 Å². The highest BCUT2D eigenvalue weighted by Crippen LogP contribution is 2.48. The number of rotatable bonds is 9. The van der Waals surface area contributed by atoms with Gasteiger partial charge in [0.05, 0.1) is 25.3 Å². The Morgan fingerprint density at radius 1 is 1.03 bits per heavy atom. The molecule has 0 saturated carbocycles. The third-order valence-electron chi connectivity index (χ3n) is 6.21.